The smallest absolute Gasteiger partial charge is 0.325 e. The molecule has 8 nitrogen and oxygen atoms in total. The normalized spacial score (nSPS) is 20.4. The lowest BCUT2D eigenvalue weighted by Crippen LogP contribution is -2.46. The Morgan fingerprint density at radius 1 is 1.09 bits per heavy atom. The fourth-order valence-electron chi connectivity index (χ4n) is 4.47. The van der Waals surface area contributed by atoms with Gasteiger partial charge in [-0.3, -0.25) is 14.5 Å². The fourth-order valence-corrected chi connectivity index (χ4v) is 4.47. The lowest BCUT2D eigenvalue weighted by molar-refractivity contribution is -0.135. The quantitative estimate of drug-likeness (QED) is 0.564. The number of nitrogens with zero attached hydrogens (tertiary/aromatic N) is 1. The molecule has 2 heterocycles. The largest absolute Gasteiger partial charge is 0.490 e. The molecular weight excluding hydrogens is 446 g/mol. The van der Waals surface area contributed by atoms with Crippen molar-refractivity contribution in [1.29, 1.82) is 0 Å². The third kappa shape index (κ3) is 5.58. The van der Waals surface area contributed by atoms with Gasteiger partial charge in [-0.2, -0.15) is 0 Å². The molecule has 0 aliphatic carbocycles. The van der Waals surface area contributed by atoms with Gasteiger partial charge >= 0.3 is 6.03 Å². The molecule has 0 spiro atoms. The summed E-state index contributed by atoms with van der Waals surface area (Å²) < 4.78 is 11.5. The number of hydrogen-bond donors (Lipinski definition) is 2. The molecule has 2 aromatic carbocycles. The van der Waals surface area contributed by atoms with Gasteiger partial charge in [-0.25, -0.2) is 4.79 Å². The van der Waals surface area contributed by atoms with Crippen molar-refractivity contribution in [3.8, 4) is 11.5 Å². The molecule has 186 valence electrons. The lowest BCUT2D eigenvalue weighted by atomic mass is 9.93. The molecule has 2 atom stereocenters. The van der Waals surface area contributed by atoms with E-state index in [9.17, 15) is 14.4 Å². The van der Waals surface area contributed by atoms with Crippen molar-refractivity contribution in [2.75, 3.05) is 19.8 Å². The summed E-state index contributed by atoms with van der Waals surface area (Å²) in [6.45, 7) is 6.56. The second kappa shape index (κ2) is 10.4. The maximum absolute atomic E-state index is 13.1. The van der Waals surface area contributed by atoms with E-state index in [1.165, 1.54) is 0 Å². The van der Waals surface area contributed by atoms with Crippen molar-refractivity contribution in [3.63, 3.8) is 0 Å². The van der Waals surface area contributed by atoms with Crippen molar-refractivity contribution in [2.24, 2.45) is 5.92 Å². The Labute approximate surface area is 206 Å². The van der Waals surface area contributed by atoms with E-state index in [-0.39, 0.29) is 24.4 Å². The summed E-state index contributed by atoms with van der Waals surface area (Å²) >= 11 is 0. The van der Waals surface area contributed by atoms with Crippen LogP contribution in [0.25, 0.3) is 0 Å². The van der Waals surface area contributed by atoms with Crippen molar-refractivity contribution in [1.82, 2.24) is 15.5 Å². The van der Waals surface area contributed by atoms with Gasteiger partial charge < -0.3 is 20.1 Å². The fraction of sp³-hybridized carbons (Fsp3) is 0.444. The third-order valence-corrected chi connectivity index (χ3v) is 6.52. The number of ether oxygens (including phenoxy) is 2. The number of benzene rings is 2. The average molecular weight is 480 g/mol. The van der Waals surface area contributed by atoms with Gasteiger partial charge in [-0.15, -0.1) is 0 Å². The maximum Gasteiger partial charge on any atom is 0.325 e. The minimum atomic E-state index is -1.04. The highest BCUT2D eigenvalue weighted by Gasteiger charge is 2.48. The number of carbonyl (C=O) groups excluding carboxylic acids is 3. The molecule has 0 aromatic heterocycles. The van der Waals surface area contributed by atoms with Crippen LogP contribution in [0, 0.1) is 5.92 Å². The number of nitrogens with one attached hydrogen (secondary N) is 2. The van der Waals surface area contributed by atoms with Crippen LogP contribution >= 0.6 is 0 Å². The van der Waals surface area contributed by atoms with Gasteiger partial charge in [0, 0.05) is 6.42 Å². The van der Waals surface area contributed by atoms with Crippen LogP contribution < -0.4 is 20.1 Å². The molecule has 8 heteroatoms. The van der Waals surface area contributed by atoms with Crippen LogP contribution in [-0.2, 0) is 16.0 Å². The van der Waals surface area contributed by atoms with E-state index in [2.05, 4.69) is 10.6 Å². The number of rotatable bonds is 8. The van der Waals surface area contributed by atoms with Crippen molar-refractivity contribution < 1.29 is 23.9 Å². The second-order valence-electron chi connectivity index (χ2n) is 9.69. The van der Waals surface area contributed by atoms with Crippen molar-refractivity contribution in [2.45, 2.75) is 51.6 Å². The van der Waals surface area contributed by atoms with E-state index in [0.29, 0.717) is 37.6 Å². The zero-order valence-corrected chi connectivity index (χ0v) is 20.5. The molecule has 0 unspecified atom stereocenters. The van der Waals surface area contributed by atoms with Gasteiger partial charge in [0.15, 0.2) is 11.5 Å². The molecule has 2 aliphatic rings. The molecule has 1 saturated heterocycles. The summed E-state index contributed by atoms with van der Waals surface area (Å²) in [5, 5.41) is 5.78. The minimum Gasteiger partial charge on any atom is -0.490 e. The Balaban J connectivity index is 1.41. The zero-order valence-electron chi connectivity index (χ0n) is 20.5. The summed E-state index contributed by atoms with van der Waals surface area (Å²) in [4.78, 5) is 39.7. The number of fused-ring (bicyclic) bond motifs is 1. The molecule has 4 rings (SSSR count). The molecule has 2 aliphatic heterocycles. The van der Waals surface area contributed by atoms with Crippen molar-refractivity contribution >= 4 is 17.8 Å². The molecular formula is C27H33N3O5. The Hall–Kier alpha value is -3.55. The third-order valence-electron chi connectivity index (χ3n) is 6.52. The number of urea groups is 1. The van der Waals surface area contributed by atoms with Gasteiger partial charge in [-0.05, 0) is 48.9 Å². The van der Waals surface area contributed by atoms with Crippen LogP contribution in [0.2, 0.25) is 0 Å². The summed E-state index contributed by atoms with van der Waals surface area (Å²) in [6.07, 6.45) is 1.90. The lowest BCUT2D eigenvalue weighted by Gasteiger charge is -2.25. The zero-order chi connectivity index (χ0) is 25.0. The van der Waals surface area contributed by atoms with Gasteiger partial charge in [0.05, 0.1) is 19.3 Å². The SMILES string of the molecule is CC(C)[C@H](NC(=O)CN1C(=O)N[C@](C)(CCc2ccccc2)C1=O)c1ccc2c(c1)OCCCO2. The van der Waals surface area contributed by atoms with Gasteiger partial charge in [0.25, 0.3) is 5.91 Å². The Bertz CT molecular complexity index is 1090. The van der Waals surface area contributed by atoms with Crippen molar-refractivity contribution in [3.05, 3.63) is 59.7 Å². The first-order valence-electron chi connectivity index (χ1n) is 12.1. The molecule has 2 N–H and O–H groups in total. The topological polar surface area (TPSA) is 97.0 Å². The summed E-state index contributed by atoms with van der Waals surface area (Å²) in [5.74, 6) is 0.636. The highest BCUT2D eigenvalue weighted by molar-refractivity contribution is 6.08. The second-order valence-corrected chi connectivity index (χ2v) is 9.69. The standard InChI is InChI=1S/C27H33N3O5/c1-18(2)24(20-10-11-21-22(16-20)35-15-7-14-34-21)28-23(31)17-30-25(32)27(3,29-26(30)33)13-12-19-8-5-4-6-9-19/h4-6,8-11,16,18,24H,7,12-15,17H2,1-3H3,(H,28,31)(H,29,33)/t24-,27+/m0/s1. The average Bonchev–Trinajstić information content (AvgIpc) is 3.00. The van der Waals surface area contributed by atoms with E-state index in [0.717, 1.165) is 22.4 Å². The molecule has 0 radical (unpaired) electrons. The van der Waals surface area contributed by atoms with E-state index in [1.54, 1.807) is 6.92 Å². The first kappa shape index (κ1) is 24.6. The Morgan fingerprint density at radius 3 is 2.51 bits per heavy atom. The molecule has 4 amide bonds. The van der Waals surface area contributed by atoms with E-state index >= 15 is 0 Å². The van der Waals surface area contributed by atoms with Gasteiger partial charge in [0.2, 0.25) is 5.91 Å². The van der Waals surface area contributed by atoms with Crippen LogP contribution in [0.3, 0.4) is 0 Å². The predicted octanol–water partition coefficient (Wildman–Crippen LogP) is 3.60. The van der Waals surface area contributed by atoms with Crippen LogP contribution in [0.5, 0.6) is 11.5 Å². The van der Waals surface area contributed by atoms with Crippen LogP contribution in [0.4, 0.5) is 4.79 Å². The number of imide groups is 1. The summed E-state index contributed by atoms with van der Waals surface area (Å²) in [7, 11) is 0. The number of hydrogen-bond acceptors (Lipinski definition) is 5. The molecule has 35 heavy (non-hydrogen) atoms. The van der Waals surface area contributed by atoms with Gasteiger partial charge in [0.1, 0.15) is 12.1 Å². The predicted molar refractivity (Wildman–Crippen MR) is 131 cm³/mol. The Kier molecular flexibility index (Phi) is 7.28. The monoisotopic (exact) mass is 479 g/mol. The molecule has 1 fully saturated rings. The summed E-state index contributed by atoms with van der Waals surface area (Å²) in [5.41, 5.74) is 0.920. The minimum absolute atomic E-state index is 0.0722. The van der Waals surface area contributed by atoms with E-state index in [4.69, 9.17) is 9.47 Å². The summed E-state index contributed by atoms with van der Waals surface area (Å²) in [6, 6.07) is 14.6. The Morgan fingerprint density at radius 2 is 1.80 bits per heavy atom. The highest BCUT2D eigenvalue weighted by Crippen LogP contribution is 2.34. The number of amides is 4. The van der Waals surface area contributed by atoms with E-state index < -0.39 is 17.5 Å². The maximum atomic E-state index is 13.1. The number of carbonyl (C=O) groups is 3. The molecule has 0 saturated carbocycles. The van der Waals surface area contributed by atoms with Gasteiger partial charge in [-0.1, -0.05) is 50.2 Å². The van der Waals surface area contributed by atoms with Crippen LogP contribution in [-0.4, -0.2) is 48.0 Å². The van der Waals surface area contributed by atoms with E-state index in [1.807, 2.05) is 62.4 Å². The highest BCUT2D eigenvalue weighted by atomic mass is 16.5. The van der Waals surface area contributed by atoms with Crippen LogP contribution in [0.15, 0.2) is 48.5 Å². The first-order chi connectivity index (χ1) is 16.8. The number of aryl methyl sites for hydroxylation is 1. The first-order valence-corrected chi connectivity index (χ1v) is 12.1. The molecule has 2 aromatic rings. The van der Waals surface area contributed by atoms with Crippen LogP contribution in [0.1, 0.15) is 50.8 Å². The molecule has 0 bridgehead atoms.